The van der Waals surface area contributed by atoms with Gasteiger partial charge in [0.1, 0.15) is 0 Å². The second kappa shape index (κ2) is 25.6. The number of nitrogens with zero attached hydrogens (tertiary/aromatic N) is 2. The molecule has 0 aromatic heterocycles. The summed E-state index contributed by atoms with van der Waals surface area (Å²) in [7, 11) is 0. The summed E-state index contributed by atoms with van der Waals surface area (Å²) in [5, 5.41) is 0. The van der Waals surface area contributed by atoms with Crippen molar-refractivity contribution in [3.63, 3.8) is 0 Å². The van der Waals surface area contributed by atoms with E-state index in [9.17, 15) is 14.4 Å². The number of benzene rings is 3. The molecule has 0 saturated heterocycles. The van der Waals surface area contributed by atoms with Crippen LogP contribution in [0.1, 0.15) is 73.4 Å². The number of aryl methyl sites for hydroxylation is 2. The number of rotatable bonds is 6. The van der Waals surface area contributed by atoms with E-state index in [4.69, 9.17) is 0 Å². The van der Waals surface area contributed by atoms with Gasteiger partial charge in [-0.15, -0.1) is 0 Å². The van der Waals surface area contributed by atoms with Crippen molar-refractivity contribution < 1.29 is 14.4 Å². The fraction of sp³-hybridized carbons (Fsp3) is 0.283. The van der Waals surface area contributed by atoms with Crippen molar-refractivity contribution in [3.05, 3.63) is 164 Å². The number of amides is 3. The molecule has 2 aliphatic heterocycles. The highest BCUT2D eigenvalue weighted by Gasteiger charge is 2.24. The van der Waals surface area contributed by atoms with Gasteiger partial charge in [-0.1, -0.05) is 166 Å². The van der Waals surface area contributed by atoms with E-state index in [2.05, 4.69) is 124 Å². The molecule has 5 heteroatoms. The molecule has 0 bridgehead atoms. The number of allylic oxidation sites excluding steroid dienone is 4. The molecule has 0 unspecified atom stereocenters. The Morgan fingerprint density at radius 2 is 1.12 bits per heavy atom. The van der Waals surface area contributed by atoms with Gasteiger partial charge in [0.05, 0.1) is 5.69 Å². The fourth-order valence-corrected chi connectivity index (χ4v) is 3.95. The van der Waals surface area contributed by atoms with Gasteiger partial charge in [-0.05, 0) is 66.2 Å². The molecule has 0 N–H and O–H groups in total. The number of para-hydroxylation sites is 1. The summed E-state index contributed by atoms with van der Waals surface area (Å²) >= 11 is 0. The van der Waals surface area contributed by atoms with Crippen molar-refractivity contribution in [2.45, 2.75) is 75.7 Å². The van der Waals surface area contributed by atoms with Crippen LogP contribution in [0, 0.1) is 18.8 Å². The Kier molecular flexibility index (Phi) is 23.0. The number of hydrogen-bond donors (Lipinski definition) is 0. The second-order valence-electron chi connectivity index (χ2n) is 12.6. The maximum Gasteiger partial charge on any atom is 0.258 e. The highest BCUT2D eigenvalue weighted by Crippen LogP contribution is 2.21. The number of anilines is 1. The van der Waals surface area contributed by atoms with E-state index >= 15 is 0 Å². The topological polar surface area (TPSA) is 57.7 Å². The highest BCUT2D eigenvalue weighted by molar-refractivity contribution is 6.28. The van der Waals surface area contributed by atoms with E-state index in [0.717, 1.165) is 23.2 Å². The molecule has 272 valence electrons. The first kappa shape index (κ1) is 45.7. The molecule has 2 heterocycles. The van der Waals surface area contributed by atoms with Gasteiger partial charge in [0.15, 0.2) is 0 Å². The predicted octanol–water partition coefficient (Wildman–Crippen LogP) is 11.8. The van der Waals surface area contributed by atoms with Gasteiger partial charge in [0.25, 0.3) is 17.7 Å². The lowest BCUT2D eigenvalue weighted by molar-refractivity contribution is -0.122. The van der Waals surface area contributed by atoms with Crippen LogP contribution < -0.4 is 4.90 Å². The third-order valence-electron chi connectivity index (χ3n) is 6.21. The number of imide groups is 1. The summed E-state index contributed by atoms with van der Waals surface area (Å²) in [5.74, 6) is 0.996. The molecule has 3 amide bonds. The van der Waals surface area contributed by atoms with Crippen LogP contribution in [-0.2, 0) is 20.8 Å². The van der Waals surface area contributed by atoms with Crippen LogP contribution in [0.4, 0.5) is 5.69 Å². The van der Waals surface area contributed by atoms with Crippen molar-refractivity contribution >= 4 is 23.4 Å². The Hall–Kier alpha value is -5.29. The van der Waals surface area contributed by atoms with E-state index in [1.165, 1.54) is 45.4 Å². The largest absolute Gasteiger partial charge is 0.279 e. The normalized spacial score (nSPS) is 12.5. The predicted molar refractivity (Wildman–Crippen MR) is 220 cm³/mol. The second-order valence-corrected chi connectivity index (χ2v) is 12.6. The molecular weight excluding hydrogens is 629 g/mol. The van der Waals surface area contributed by atoms with Crippen molar-refractivity contribution in [1.82, 2.24) is 4.90 Å². The molecule has 51 heavy (non-hydrogen) atoms. The molecule has 0 radical (unpaired) electrons. The molecule has 2 aliphatic rings. The minimum atomic E-state index is -0.281. The van der Waals surface area contributed by atoms with Gasteiger partial charge in [-0.3, -0.25) is 19.3 Å². The zero-order valence-electron chi connectivity index (χ0n) is 32.6. The van der Waals surface area contributed by atoms with Crippen molar-refractivity contribution in [3.8, 4) is 11.1 Å². The van der Waals surface area contributed by atoms with Crippen LogP contribution >= 0.6 is 0 Å². The minimum Gasteiger partial charge on any atom is -0.279 e. The first-order valence-electron chi connectivity index (χ1n) is 17.7. The molecule has 0 fully saturated rings. The summed E-state index contributed by atoms with van der Waals surface area (Å²) in [6.45, 7) is 32.3. The number of carbonyl (C=O) groups is 3. The van der Waals surface area contributed by atoms with Gasteiger partial charge in [0.2, 0.25) is 0 Å². The molecular formula is C46H60N2O3. The Labute approximate surface area is 309 Å². The molecule has 3 aromatic rings. The standard InChI is InChI=1S/C15H16.C11H11NO.C10H7NO2.2C4H10.C2H6/c1-3-13-6-10-15(11-7-13)14-8-4-12(2)5-9-14;1-4-5-6-9(2)12-10(3)7-8-11(12)13;12-9-6-7-10(13)11(9)8-4-2-1-3-5-8;2*1-4(2)3;1-2/h4-11H,3H2,1-2H3;4-8H,1-3H2;1-7H;2*4H,1-3H3;1-2H3/b;6-5-;;;;. The van der Waals surface area contributed by atoms with Crippen molar-refractivity contribution in [1.29, 1.82) is 0 Å². The Morgan fingerprint density at radius 3 is 1.51 bits per heavy atom. The summed E-state index contributed by atoms with van der Waals surface area (Å²) in [5.41, 5.74) is 7.15. The third kappa shape index (κ3) is 18.3. The zero-order chi connectivity index (χ0) is 38.9. The summed E-state index contributed by atoms with van der Waals surface area (Å²) in [6, 6.07) is 26.3. The maximum absolute atomic E-state index is 11.2. The molecule has 3 aromatic carbocycles. The number of hydrogen-bond acceptors (Lipinski definition) is 3. The summed E-state index contributed by atoms with van der Waals surface area (Å²) in [6.07, 6.45) is 11.8. The molecule has 5 rings (SSSR count). The average Bonchev–Trinajstić information content (AvgIpc) is 3.63. The van der Waals surface area contributed by atoms with Crippen LogP contribution in [0.3, 0.4) is 0 Å². The molecule has 0 saturated carbocycles. The summed E-state index contributed by atoms with van der Waals surface area (Å²) < 4.78 is 0. The summed E-state index contributed by atoms with van der Waals surface area (Å²) in [4.78, 5) is 36.2. The van der Waals surface area contributed by atoms with E-state index in [1.807, 2.05) is 19.9 Å². The first-order chi connectivity index (χ1) is 24.2. The lowest BCUT2D eigenvalue weighted by atomic mass is 10.0. The molecule has 5 nitrogen and oxygen atoms in total. The van der Waals surface area contributed by atoms with E-state index in [1.54, 1.807) is 48.6 Å². The average molecular weight is 689 g/mol. The van der Waals surface area contributed by atoms with Gasteiger partial charge < -0.3 is 0 Å². The highest BCUT2D eigenvalue weighted by atomic mass is 16.2. The molecule has 0 aliphatic carbocycles. The maximum atomic E-state index is 11.2. The third-order valence-corrected chi connectivity index (χ3v) is 6.21. The fourth-order valence-electron chi connectivity index (χ4n) is 3.95. The van der Waals surface area contributed by atoms with Crippen LogP contribution in [0.5, 0.6) is 0 Å². The van der Waals surface area contributed by atoms with Gasteiger partial charge in [-0.25, -0.2) is 4.90 Å². The van der Waals surface area contributed by atoms with E-state index in [0.29, 0.717) is 17.1 Å². The Balaban J connectivity index is 0.000000652. The quantitative estimate of drug-likeness (QED) is 0.191. The zero-order valence-corrected chi connectivity index (χ0v) is 32.6. The Morgan fingerprint density at radius 1 is 0.686 bits per heavy atom. The monoisotopic (exact) mass is 688 g/mol. The van der Waals surface area contributed by atoms with Crippen LogP contribution in [0.25, 0.3) is 11.1 Å². The molecule has 0 atom stereocenters. The van der Waals surface area contributed by atoms with Crippen LogP contribution in [0.2, 0.25) is 0 Å². The number of carbonyl (C=O) groups excluding carboxylic acids is 3. The first-order valence-corrected chi connectivity index (χ1v) is 17.7. The van der Waals surface area contributed by atoms with Crippen molar-refractivity contribution in [2.75, 3.05) is 4.90 Å². The van der Waals surface area contributed by atoms with E-state index in [-0.39, 0.29) is 17.7 Å². The van der Waals surface area contributed by atoms with Gasteiger partial charge in [0, 0.05) is 29.6 Å². The molecule has 0 spiro atoms. The van der Waals surface area contributed by atoms with E-state index < -0.39 is 0 Å². The Bertz CT molecular complexity index is 1560. The van der Waals surface area contributed by atoms with Crippen molar-refractivity contribution in [2.24, 2.45) is 11.8 Å². The SMILES string of the molecule is C=C/C=C\C(=C)N1C(=C)C=CC1=O.CC.CC(C)C.CC(C)C.CCc1ccc(-c2ccc(C)cc2)cc1.O=C1C=CC(=O)N1c1ccccc1. The smallest absolute Gasteiger partial charge is 0.258 e. The lowest BCUT2D eigenvalue weighted by Crippen LogP contribution is -2.29. The van der Waals surface area contributed by atoms with Gasteiger partial charge in [-0.2, -0.15) is 0 Å². The lowest BCUT2D eigenvalue weighted by Gasteiger charge is -2.16. The van der Waals surface area contributed by atoms with Crippen LogP contribution in [0.15, 0.2) is 153 Å². The minimum absolute atomic E-state index is 0.108. The van der Waals surface area contributed by atoms with Crippen LogP contribution in [-0.4, -0.2) is 22.6 Å². The van der Waals surface area contributed by atoms with Gasteiger partial charge >= 0.3 is 0 Å².